The quantitative estimate of drug-likeness (QED) is 0.775. The van der Waals surface area contributed by atoms with Crippen molar-refractivity contribution in [2.75, 3.05) is 5.32 Å². The molecule has 0 fully saturated rings. The molecule has 0 bridgehead atoms. The Morgan fingerprint density at radius 2 is 1.92 bits per heavy atom. The van der Waals surface area contributed by atoms with Crippen LogP contribution in [0.1, 0.15) is 34.2 Å². The number of aromatic carboxylic acids is 1. The lowest BCUT2D eigenvalue weighted by atomic mass is 10.2. The van der Waals surface area contributed by atoms with Gasteiger partial charge in [-0.2, -0.15) is 0 Å². The number of ether oxygens (including phenoxy) is 1. The Morgan fingerprint density at radius 1 is 1.21 bits per heavy atom. The summed E-state index contributed by atoms with van der Waals surface area (Å²) >= 11 is 0. The molecule has 1 unspecified atom stereocenters. The molecule has 1 aromatic carbocycles. The zero-order valence-electron chi connectivity index (χ0n) is 12.8. The number of anilines is 1. The summed E-state index contributed by atoms with van der Waals surface area (Å²) < 4.78 is 5.13. The molecule has 0 aliphatic rings. The molecule has 2 N–H and O–H groups in total. The fraction of sp³-hybridized carbons (Fsp3) is 0.188. The number of nitrogens with one attached hydrogen (secondary N) is 1. The Bertz CT molecular complexity index is 731. The summed E-state index contributed by atoms with van der Waals surface area (Å²) in [5, 5.41) is 11.4. The van der Waals surface area contributed by atoms with E-state index in [2.05, 4.69) is 15.3 Å². The molecule has 1 aromatic heterocycles. The van der Waals surface area contributed by atoms with E-state index in [1.807, 2.05) is 0 Å². The standard InChI is InChI=1S/C16H15N3O5/c1-2-13(24-16(23)12-9-17-7-8-18-12)14(20)19-11-5-3-10(4-6-11)15(21)22/h3-9,13H,2H2,1H3,(H,19,20)(H,21,22). The molecule has 1 heterocycles. The highest BCUT2D eigenvalue weighted by Crippen LogP contribution is 2.12. The van der Waals surface area contributed by atoms with Crippen LogP contribution in [0.25, 0.3) is 0 Å². The summed E-state index contributed by atoms with van der Waals surface area (Å²) in [6.45, 7) is 1.70. The number of amides is 1. The number of hydrogen-bond donors (Lipinski definition) is 2. The van der Waals surface area contributed by atoms with Crippen LogP contribution in [0.5, 0.6) is 0 Å². The number of hydrogen-bond acceptors (Lipinski definition) is 6. The van der Waals surface area contributed by atoms with Crippen molar-refractivity contribution in [2.24, 2.45) is 0 Å². The van der Waals surface area contributed by atoms with Crippen LogP contribution in [-0.4, -0.2) is 39.0 Å². The highest BCUT2D eigenvalue weighted by atomic mass is 16.5. The van der Waals surface area contributed by atoms with Crippen LogP contribution in [0.15, 0.2) is 42.9 Å². The molecular weight excluding hydrogens is 314 g/mol. The molecule has 2 aromatic rings. The van der Waals surface area contributed by atoms with Crippen LogP contribution in [0, 0.1) is 0 Å². The Labute approximate surface area is 137 Å². The maximum atomic E-state index is 12.2. The van der Waals surface area contributed by atoms with Crippen molar-refractivity contribution in [2.45, 2.75) is 19.4 Å². The van der Waals surface area contributed by atoms with E-state index >= 15 is 0 Å². The molecule has 1 atom stereocenters. The van der Waals surface area contributed by atoms with Gasteiger partial charge in [0.15, 0.2) is 11.8 Å². The van der Waals surface area contributed by atoms with Gasteiger partial charge in [0.05, 0.1) is 11.8 Å². The van der Waals surface area contributed by atoms with Gasteiger partial charge in [-0.25, -0.2) is 14.6 Å². The first kappa shape index (κ1) is 17.1. The predicted octanol–water partition coefficient (Wildman–Crippen LogP) is 1.75. The minimum atomic E-state index is -1.06. The average Bonchev–Trinajstić information content (AvgIpc) is 2.60. The van der Waals surface area contributed by atoms with E-state index in [0.717, 1.165) is 0 Å². The average molecular weight is 329 g/mol. The molecule has 8 nitrogen and oxygen atoms in total. The van der Waals surface area contributed by atoms with Crippen molar-refractivity contribution >= 4 is 23.5 Å². The molecular formula is C16H15N3O5. The Hall–Kier alpha value is -3.29. The maximum Gasteiger partial charge on any atom is 0.359 e. The molecule has 0 saturated heterocycles. The first-order chi connectivity index (χ1) is 11.5. The smallest absolute Gasteiger partial charge is 0.359 e. The van der Waals surface area contributed by atoms with Gasteiger partial charge in [-0.05, 0) is 30.7 Å². The summed E-state index contributed by atoms with van der Waals surface area (Å²) in [6.07, 6.45) is 3.28. The lowest BCUT2D eigenvalue weighted by molar-refractivity contribution is -0.124. The molecule has 0 aliphatic heterocycles. The molecule has 24 heavy (non-hydrogen) atoms. The van der Waals surface area contributed by atoms with Gasteiger partial charge in [-0.1, -0.05) is 6.92 Å². The molecule has 0 saturated carbocycles. The zero-order chi connectivity index (χ0) is 17.5. The summed E-state index contributed by atoms with van der Waals surface area (Å²) in [5.41, 5.74) is 0.516. The molecule has 2 rings (SSSR count). The Kier molecular flexibility index (Phi) is 5.56. The van der Waals surface area contributed by atoms with E-state index in [4.69, 9.17) is 9.84 Å². The number of rotatable bonds is 6. The SMILES string of the molecule is CCC(OC(=O)c1cnccn1)C(=O)Nc1ccc(C(=O)O)cc1. The zero-order valence-corrected chi connectivity index (χ0v) is 12.8. The molecule has 124 valence electrons. The number of carboxylic acids is 1. The van der Waals surface area contributed by atoms with E-state index in [0.29, 0.717) is 5.69 Å². The van der Waals surface area contributed by atoms with Crippen molar-refractivity contribution in [3.05, 3.63) is 54.1 Å². The van der Waals surface area contributed by atoms with Gasteiger partial charge < -0.3 is 15.2 Å². The third-order valence-corrected chi connectivity index (χ3v) is 3.08. The van der Waals surface area contributed by atoms with Gasteiger partial charge in [0.1, 0.15) is 0 Å². The van der Waals surface area contributed by atoms with Gasteiger partial charge in [0.2, 0.25) is 0 Å². The summed E-state index contributed by atoms with van der Waals surface area (Å²) in [5.74, 6) is -2.32. The third kappa shape index (κ3) is 4.35. The predicted molar refractivity (Wildman–Crippen MR) is 83.6 cm³/mol. The fourth-order valence-electron chi connectivity index (χ4n) is 1.84. The second kappa shape index (κ2) is 7.82. The van der Waals surface area contributed by atoms with Gasteiger partial charge >= 0.3 is 11.9 Å². The molecule has 0 radical (unpaired) electrons. The van der Waals surface area contributed by atoms with E-state index in [9.17, 15) is 14.4 Å². The second-order valence-electron chi connectivity index (χ2n) is 4.76. The van der Waals surface area contributed by atoms with Gasteiger partial charge in [0, 0.05) is 18.1 Å². The van der Waals surface area contributed by atoms with Crippen LogP contribution in [0.4, 0.5) is 5.69 Å². The number of nitrogens with zero attached hydrogens (tertiary/aromatic N) is 2. The number of carboxylic acid groups (broad SMARTS) is 1. The number of aromatic nitrogens is 2. The van der Waals surface area contributed by atoms with E-state index in [-0.39, 0.29) is 17.7 Å². The molecule has 8 heteroatoms. The fourth-order valence-corrected chi connectivity index (χ4v) is 1.84. The van der Waals surface area contributed by atoms with E-state index in [1.165, 1.54) is 42.9 Å². The lowest BCUT2D eigenvalue weighted by Gasteiger charge is -2.15. The topological polar surface area (TPSA) is 118 Å². The number of benzene rings is 1. The normalized spacial score (nSPS) is 11.4. The molecule has 0 spiro atoms. The van der Waals surface area contributed by atoms with Gasteiger partial charge in [-0.3, -0.25) is 9.78 Å². The van der Waals surface area contributed by atoms with Crippen LogP contribution in [0.3, 0.4) is 0 Å². The molecule has 1 amide bonds. The summed E-state index contributed by atoms with van der Waals surface area (Å²) in [4.78, 5) is 42.5. The summed E-state index contributed by atoms with van der Waals surface area (Å²) in [6, 6.07) is 5.64. The van der Waals surface area contributed by atoms with Crippen molar-refractivity contribution in [1.29, 1.82) is 0 Å². The minimum Gasteiger partial charge on any atom is -0.478 e. The first-order valence-electron chi connectivity index (χ1n) is 7.12. The first-order valence-corrected chi connectivity index (χ1v) is 7.12. The summed E-state index contributed by atoms with van der Waals surface area (Å²) in [7, 11) is 0. The van der Waals surface area contributed by atoms with Crippen molar-refractivity contribution in [3.63, 3.8) is 0 Å². The van der Waals surface area contributed by atoms with Crippen molar-refractivity contribution < 1.29 is 24.2 Å². The lowest BCUT2D eigenvalue weighted by Crippen LogP contribution is -2.32. The molecule has 0 aliphatic carbocycles. The highest BCUT2D eigenvalue weighted by Gasteiger charge is 2.22. The number of carbonyl (C=O) groups excluding carboxylic acids is 2. The largest absolute Gasteiger partial charge is 0.478 e. The van der Waals surface area contributed by atoms with Gasteiger partial charge in [-0.15, -0.1) is 0 Å². The van der Waals surface area contributed by atoms with Crippen LogP contribution in [-0.2, 0) is 9.53 Å². The van der Waals surface area contributed by atoms with Crippen LogP contribution < -0.4 is 5.32 Å². The van der Waals surface area contributed by atoms with Crippen molar-refractivity contribution in [1.82, 2.24) is 9.97 Å². The van der Waals surface area contributed by atoms with Crippen molar-refractivity contribution in [3.8, 4) is 0 Å². The van der Waals surface area contributed by atoms with E-state index in [1.54, 1.807) is 6.92 Å². The Morgan fingerprint density at radius 3 is 2.46 bits per heavy atom. The van der Waals surface area contributed by atoms with Crippen LogP contribution in [0.2, 0.25) is 0 Å². The Balaban J connectivity index is 2.00. The highest BCUT2D eigenvalue weighted by molar-refractivity contribution is 5.97. The van der Waals surface area contributed by atoms with E-state index < -0.39 is 23.9 Å². The van der Waals surface area contributed by atoms with Gasteiger partial charge in [0.25, 0.3) is 5.91 Å². The number of carbonyl (C=O) groups is 3. The van der Waals surface area contributed by atoms with Crippen LogP contribution >= 0.6 is 0 Å². The minimum absolute atomic E-state index is 0.00885. The maximum absolute atomic E-state index is 12.2. The third-order valence-electron chi connectivity index (χ3n) is 3.08. The number of esters is 1. The monoisotopic (exact) mass is 329 g/mol. The second-order valence-corrected chi connectivity index (χ2v) is 4.76.